The number of nitrogens with zero attached hydrogens (tertiary/aromatic N) is 2. The Labute approximate surface area is 170 Å². The minimum atomic E-state index is 0.0108. The predicted octanol–water partition coefficient (Wildman–Crippen LogP) is 3.62. The van der Waals surface area contributed by atoms with Crippen molar-refractivity contribution in [1.82, 2.24) is 15.2 Å². The van der Waals surface area contributed by atoms with Gasteiger partial charge in [0.15, 0.2) is 0 Å². The van der Waals surface area contributed by atoms with E-state index in [4.69, 9.17) is 0 Å². The Bertz CT molecular complexity index is 845. The Morgan fingerprint density at radius 1 is 1.11 bits per heavy atom. The van der Waals surface area contributed by atoms with E-state index in [9.17, 15) is 9.59 Å². The van der Waals surface area contributed by atoms with Crippen molar-refractivity contribution in [2.24, 2.45) is 5.92 Å². The highest BCUT2D eigenvalue weighted by Crippen LogP contribution is 2.27. The van der Waals surface area contributed by atoms with Crippen LogP contribution < -0.4 is 5.32 Å². The molecule has 5 nitrogen and oxygen atoms in total. The van der Waals surface area contributed by atoms with Crippen molar-refractivity contribution in [2.45, 2.75) is 49.6 Å². The van der Waals surface area contributed by atoms with Gasteiger partial charge in [0.05, 0.1) is 5.75 Å². The lowest BCUT2D eigenvalue weighted by Crippen LogP contribution is -2.41. The lowest BCUT2D eigenvalue weighted by molar-refractivity contribution is -0.135. The molecule has 0 radical (unpaired) electrons. The Balaban J connectivity index is 1.27. The molecule has 28 heavy (non-hydrogen) atoms. The maximum atomic E-state index is 12.7. The average Bonchev–Trinajstić information content (AvgIpc) is 3.20. The fourth-order valence-corrected chi connectivity index (χ4v) is 5.12. The van der Waals surface area contributed by atoms with Gasteiger partial charge in [-0.25, -0.2) is 4.98 Å². The van der Waals surface area contributed by atoms with Crippen LogP contribution >= 0.6 is 11.8 Å². The van der Waals surface area contributed by atoms with Crippen molar-refractivity contribution in [3.05, 3.63) is 36.5 Å². The summed E-state index contributed by atoms with van der Waals surface area (Å²) in [5, 5.41) is 6.20. The van der Waals surface area contributed by atoms with Crippen molar-refractivity contribution in [3.63, 3.8) is 0 Å². The predicted molar refractivity (Wildman–Crippen MR) is 112 cm³/mol. The highest BCUT2D eigenvalue weighted by atomic mass is 32.2. The van der Waals surface area contributed by atoms with Crippen molar-refractivity contribution in [3.8, 4) is 0 Å². The molecule has 1 N–H and O–H groups in total. The average molecular weight is 398 g/mol. The molecule has 0 spiro atoms. The summed E-state index contributed by atoms with van der Waals surface area (Å²) in [6.07, 6.45) is 8.29. The topological polar surface area (TPSA) is 62.3 Å². The van der Waals surface area contributed by atoms with Crippen molar-refractivity contribution in [2.75, 3.05) is 18.8 Å². The van der Waals surface area contributed by atoms with Crippen LogP contribution in [0.25, 0.3) is 10.8 Å². The van der Waals surface area contributed by atoms with E-state index in [2.05, 4.69) is 16.4 Å². The van der Waals surface area contributed by atoms with E-state index in [1.54, 1.807) is 6.20 Å². The number of nitrogens with one attached hydrogen (secondary N) is 1. The lowest BCUT2D eigenvalue weighted by atomic mass is 9.88. The second kappa shape index (κ2) is 8.95. The third-order valence-electron chi connectivity index (χ3n) is 5.80. The number of rotatable bonds is 5. The van der Waals surface area contributed by atoms with Crippen LogP contribution in [0.4, 0.5) is 0 Å². The number of hydrogen-bond donors (Lipinski definition) is 1. The van der Waals surface area contributed by atoms with Gasteiger partial charge in [-0.15, -0.1) is 0 Å². The van der Waals surface area contributed by atoms with Crippen LogP contribution in [-0.4, -0.2) is 46.6 Å². The van der Waals surface area contributed by atoms with E-state index >= 15 is 0 Å². The summed E-state index contributed by atoms with van der Waals surface area (Å²) in [5.74, 6) is 0.854. The number of carbonyl (C=O) groups is 2. The summed E-state index contributed by atoms with van der Waals surface area (Å²) in [6, 6.07) is 10.1. The molecule has 2 heterocycles. The highest BCUT2D eigenvalue weighted by Gasteiger charge is 2.32. The number of amides is 2. The van der Waals surface area contributed by atoms with E-state index in [0.29, 0.717) is 18.2 Å². The van der Waals surface area contributed by atoms with Crippen LogP contribution in [-0.2, 0) is 9.59 Å². The van der Waals surface area contributed by atoms with Crippen molar-refractivity contribution < 1.29 is 9.59 Å². The molecule has 148 valence electrons. The molecule has 6 heteroatoms. The molecule has 4 rings (SSSR count). The number of thioether (sulfide) groups is 1. The molecule has 1 saturated heterocycles. The number of likely N-dealkylation sites (tertiary alicyclic amines) is 1. The Hall–Kier alpha value is -2.08. The van der Waals surface area contributed by atoms with Gasteiger partial charge in [-0.3, -0.25) is 9.59 Å². The van der Waals surface area contributed by atoms with Gasteiger partial charge in [0.25, 0.3) is 0 Å². The number of pyridine rings is 1. The summed E-state index contributed by atoms with van der Waals surface area (Å²) in [4.78, 5) is 31.5. The highest BCUT2D eigenvalue weighted by molar-refractivity contribution is 8.00. The molecular formula is C22H27N3O2S. The first-order chi connectivity index (χ1) is 13.7. The quantitative estimate of drug-likeness (QED) is 0.783. The Kier molecular flexibility index (Phi) is 6.15. The van der Waals surface area contributed by atoms with Crippen molar-refractivity contribution >= 4 is 34.3 Å². The zero-order valence-corrected chi connectivity index (χ0v) is 16.9. The molecule has 1 aromatic heterocycles. The standard InChI is InChI=1S/C22H27N3O2S/c26-20(15-28-21-19-9-5-4-6-16(19)10-12-23-21)24-18-11-13-25(14-18)22(27)17-7-2-1-3-8-17/h4-6,9-10,12,17-18H,1-3,7-8,11,13-15H2,(H,24,26). The summed E-state index contributed by atoms with van der Waals surface area (Å²) in [5.41, 5.74) is 0. The van der Waals surface area contributed by atoms with Crippen LogP contribution in [0.2, 0.25) is 0 Å². The van der Waals surface area contributed by atoms with Crippen LogP contribution in [0.15, 0.2) is 41.6 Å². The summed E-state index contributed by atoms with van der Waals surface area (Å²) in [7, 11) is 0. The monoisotopic (exact) mass is 397 g/mol. The van der Waals surface area contributed by atoms with Crippen LogP contribution in [0.3, 0.4) is 0 Å². The normalized spacial score (nSPS) is 20.4. The maximum absolute atomic E-state index is 12.7. The SMILES string of the molecule is O=C(CSc1nccc2ccccc12)NC1CCN(C(=O)C2CCCCC2)C1. The minimum Gasteiger partial charge on any atom is -0.351 e. The molecule has 1 saturated carbocycles. The Morgan fingerprint density at radius 3 is 2.79 bits per heavy atom. The zero-order chi connectivity index (χ0) is 19.3. The van der Waals surface area contributed by atoms with Gasteiger partial charge in [-0.05, 0) is 30.7 Å². The van der Waals surface area contributed by atoms with Gasteiger partial charge < -0.3 is 10.2 Å². The molecular weight excluding hydrogens is 370 g/mol. The van der Waals surface area contributed by atoms with E-state index in [1.807, 2.05) is 29.2 Å². The molecule has 2 aromatic rings. The van der Waals surface area contributed by atoms with E-state index in [0.717, 1.165) is 41.6 Å². The third-order valence-corrected chi connectivity index (χ3v) is 6.80. The summed E-state index contributed by atoms with van der Waals surface area (Å²) in [6.45, 7) is 1.41. The summed E-state index contributed by atoms with van der Waals surface area (Å²) >= 11 is 1.47. The second-order valence-electron chi connectivity index (χ2n) is 7.80. The smallest absolute Gasteiger partial charge is 0.230 e. The van der Waals surface area contributed by atoms with Crippen LogP contribution in [0.1, 0.15) is 38.5 Å². The van der Waals surface area contributed by atoms with Crippen LogP contribution in [0.5, 0.6) is 0 Å². The van der Waals surface area contributed by atoms with E-state index in [-0.39, 0.29) is 17.9 Å². The largest absolute Gasteiger partial charge is 0.351 e. The van der Waals surface area contributed by atoms with Gasteiger partial charge in [0, 0.05) is 36.6 Å². The molecule has 1 unspecified atom stereocenters. The molecule has 0 bridgehead atoms. The molecule has 1 atom stereocenters. The first-order valence-electron chi connectivity index (χ1n) is 10.3. The van der Waals surface area contributed by atoms with Gasteiger partial charge in [0.1, 0.15) is 5.03 Å². The maximum Gasteiger partial charge on any atom is 0.230 e. The zero-order valence-electron chi connectivity index (χ0n) is 16.1. The molecule has 1 aliphatic carbocycles. The number of benzene rings is 1. The van der Waals surface area contributed by atoms with Gasteiger partial charge >= 0.3 is 0 Å². The molecule has 1 aliphatic heterocycles. The molecule has 2 amide bonds. The van der Waals surface area contributed by atoms with E-state index < -0.39 is 0 Å². The van der Waals surface area contributed by atoms with Crippen molar-refractivity contribution in [1.29, 1.82) is 0 Å². The number of fused-ring (bicyclic) bond motifs is 1. The van der Waals surface area contributed by atoms with Crippen LogP contribution in [0, 0.1) is 5.92 Å². The molecule has 2 fully saturated rings. The van der Waals surface area contributed by atoms with Gasteiger partial charge in [-0.1, -0.05) is 55.3 Å². The second-order valence-corrected chi connectivity index (χ2v) is 8.76. The summed E-state index contributed by atoms with van der Waals surface area (Å²) < 4.78 is 0. The van der Waals surface area contributed by atoms with Gasteiger partial charge in [0.2, 0.25) is 11.8 Å². The first-order valence-corrected chi connectivity index (χ1v) is 11.2. The minimum absolute atomic E-state index is 0.0108. The first kappa shape index (κ1) is 19.2. The number of carbonyl (C=O) groups excluding carboxylic acids is 2. The Morgan fingerprint density at radius 2 is 1.93 bits per heavy atom. The fraction of sp³-hybridized carbons (Fsp3) is 0.500. The van der Waals surface area contributed by atoms with Gasteiger partial charge in [-0.2, -0.15) is 0 Å². The number of hydrogen-bond acceptors (Lipinski definition) is 4. The number of aromatic nitrogens is 1. The van der Waals surface area contributed by atoms with E-state index in [1.165, 1.54) is 31.0 Å². The lowest BCUT2D eigenvalue weighted by Gasteiger charge is -2.26. The molecule has 1 aromatic carbocycles. The fourth-order valence-electron chi connectivity index (χ4n) is 4.30. The molecule has 2 aliphatic rings. The third kappa shape index (κ3) is 4.49.